The predicted octanol–water partition coefficient (Wildman–Crippen LogP) is 1.54. The van der Waals surface area contributed by atoms with Gasteiger partial charge < -0.3 is 5.32 Å². The van der Waals surface area contributed by atoms with E-state index in [0.717, 1.165) is 11.8 Å². The number of aryl methyl sites for hydroxylation is 1. The second kappa shape index (κ2) is 5.65. The number of hydrogen-bond acceptors (Lipinski definition) is 4. The van der Waals surface area contributed by atoms with Crippen molar-refractivity contribution < 1.29 is 18.0 Å². The van der Waals surface area contributed by atoms with Crippen molar-refractivity contribution in [2.24, 2.45) is 0 Å². The molecule has 1 N–H and O–H groups in total. The van der Waals surface area contributed by atoms with Gasteiger partial charge in [0.1, 0.15) is 6.04 Å². The van der Waals surface area contributed by atoms with Crippen LogP contribution < -0.4 is 5.32 Å². The molecule has 0 aromatic heterocycles. The monoisotopic (exact) mass is 330 g/mol. The van der Waals surface area contributed by atoms with Gasteiger partial charge >= 0.3 is 0 Å². The smallest absolute Gasteiger partial charge is 0.248 e. The molecule has 0 aliphatic carbocycles. The maximum atomic E-state index is 12.3. The van der Waals surface area contributed by atoms with Crippen LogP contribution in [0.15, 0.2) is 18.2 Å². The zero-order valence-electron chi connectivity index (χ0n) is 11.6. The molecule has 1 aromatic rings. The van der Waals surface area contributed by atoms with Crippen LogP contribution in [0.1, 0.15) is 18.4 Å². The van der Waals surface area contributed by atoms with Gasteiger partial charge in [-0.2, -0.15) is 0 Å². The lowest BCUT2D eigenvalue weighted by Gasteiger charge is -2.22. The fraction of sp³-hybridized carbons (Fsp3) is 0.385. The number of nitrogens with one attached hydrogen (secondary N) is 1. The highest BCUT2D eigenvalue weighted by molar-refractivity contribution is 7.89. The molecular formula is C13H15ClN2O4S. The molecule has 2 rings (SSSR count). The Morgan fingerprint density at radius 3 is 2.67 bits per heavy atom. The molecular weight excluding hydrogens is 316 g/mol. The molecule has 114 valence electrons. The van der Waals surface area contributed by atoms with Crippen molar-refractivity contribution in [1.29, 1.82) is 0 Å². The number of benzene rings is 1. The van der Waals surface area contributed by atoms with Gasteiger partial charge in [0.05, 0.1) is 6.26 Å². The van der Waals surface area contributed by atoms with E-state index in [2.05, 4.69) is 5.32 Å². The van der Waals surface area contributed by atoms with Gasteiger partial charge in [-0.15, -0.1) is 0 Å². The highest BCUT2D eigenvalue weighted by Gasteiger charge is 2.41. The van der Waals surface area contributed by atoms with Crippen LogP contribution in [0.5, 0.6) is 0 Å². The molecule has 1 fully saturated rings. The lowest BCUT2D eigenvalue weighted by atomic mass is 10.1. The standard InChI is InChI=1S/C13H15ClN2O4S/c1-8-7-9(14)3-4-10(8)15-13(18)11-5-6-12(17)16(11)21(2,19)20/h3-4,7,11H,5-6H2,1-2H3,(H,15,18). The Balaban J connectivity index is 2.22. The molecule has 2 amide bonds. The van der Waals surface area contributed by atoms with Crippen molar-refractivity contribution in [3.63, 3.8) is 0 Å². The first-order valence-electron chi connectivity index (χ1n) is 6.29. The van der Waals surface area contributed by atoms with Crippen LogP contribution in [-0.4, -0.2) is 36.8 Å². The third kappa shape index (κ3) is 3.36. The third-order valence-electron chi connectivity index (χ3n) is 3.27. The predicted molar refractivity (Wildman–Crippen MR) is 79.5 cm³/mol. The van der Waals surface area contributed by atoms with E-state index in [1.807, 2.05) is 0 Å². The molecule has 1 atom stereocenters. The van der Waals surface area contributed by atoms with Gasteiger partial charge in [-0.3, -0.25) is 9.59 Å². The second-order valence-electron chi connectivity index (χ2n) is 4.96. The first-order valence-corrected chi connectivity index (χ1v) is 8.52. The number of hydrogen-bond donors (Lipinski definition) is 1. The van der Waals surface area contributed by atoms with Crippen molar-refractivity contribution in [3.05, 3.63) is 28.8 Å². The van der Waals surface area contributed by atoms with Crippen molar-refractivity contribution in [1.82, 2.24) is 4.31 Å². The van der Waals surface area contributed by atoms with Gasteiger partial charge in [-0.05, 0) is 37.1 Å². The maximum absolute atomic E-state index is 12.3. The topological polar surface area (TPSA) is 83.6 Å². The SMILES string of the molecule is Cc1cc(Cl)ccc1NC(=O)C1CCC(=O)N1S(C)(=O)=O. The molecule has 0 radical (unpaired) electrons. The van der Waals surface area contributed by atoms with E-state index in [-0.39, 0.29) is 12.8 Å². The number of anilines is 1. The molecule has 1 aliphatic rings. The Hall–Kier alpha value is -1.60. The Morgan fingerprint density at radius 2 is 2.10 bits per heavy atom. The summed E-state index contributed by atoms with van der Waals surface area (Å²) in [6.45, 7) is 1.77. The highest BCUT2D eigenvalue weighted by atomic mass is 35.5. The van der Waals surface area contributed by atoms with Gasteiger partial charge in [0.2, 0.25) is 21.8 Å². The lowest BCUT2D eigenvalue weighted by molar-refractivity contribution is -0.128. The van der Waals surface area contributed by atoms with Crippen LogP contribution in [0.2, 0.25) is 5.02 Å². The van der Waals surface area contributed by atoms with Gasteiger partial charge in [0.25, 0.3) is 0 Å². The van der Waals surface area contributed by atoms with Crippen LogP contribution in [0.4, 0.5) is 5.69 Å². The van der Waals surface area contributed by atoms with E-state index in [9.17, 15) is 18.0 Å². The van der Waals surface area contributed by atoms with Crippen LogP contribution in [0.25, 0.3) is 0 Å². The summed E-state index contributed by atoms with van der Waals surface area (Å²) < 4.78 is 23.9. The Morgan fingerprint density at radius 1 is 1.43 bits per heavy atom. The molecule has 6 nitrogen and oxygen atoms in total. The summed E-state index contributed by atoms with van der Waals surface area (Å²) in [6.07, 6.45) is 1.15. The molecule has 0 bridgehead atoms. The first kappa shape index (κ1) is 15.8. The number of amides is 2. The molecule has 8 heteroatoms. The maximum Gasteiger partial charge on any atom is 0.248 e. The largest absolute Gasteiger partial charge is 0.324 e. The quantitative estimate of drug-likeness (QED) is 0.911. The normalized spacial score (nSPS) is 18.9. The summed E-state index contributed by atoms with van der Waals surface area (Å²) in [5.74, 6) is -1.07. The molecule has 21 heavy (non-hydrogen) atoms. The van der Waals surface area contributed by atoms with Crippen LogP contribution >= 0.6 is 11.6 Å². The molecule has 1 unspecified atom stereocenters. The van der Waals surface area contributed by atoms with Gasteiger partial charge in [0, 0.05) is 17.1 Å². The van der Waals surface area contributed by atoms with Crippen LogP contribution in [0, 0.1) is 6.92 Å². The van der Waals surface area contributed by atoms with Crippen molar-refractivity contribution in [3.8, 4) is 0 Å². The Kier molecular flexibility index (Phi) is 4.25. The van der Waals surface area contributed by atoms with Crippen molar-refractivity contribution >= 4 is 39.1 Å². The number of carbonyl (C=O) groups is 2. The summed E-state index contributed by atoms with van der Waals surface area (Å²) in [7, 11) is -3.75. The van der Waals surface area contributed by atoms with E-state index >= 15 is 0 Å². The number of halogens is 1. The fourth-order valence-electron chi connectivity index (χ4n) is 2.30. The van der Waals surface area contributed by atoms with Gasteiger partial charge in [-0.25, -0.2) is 12.7 Å². The average molecular weight is 331 g/mol. The van der Waals surface area contributed by atoms with Crippen molar-refractivity contribution in [2.45, 2.75) is 25.8 Å². The van der Waals surface area contributed by atoms with Crippen LogP contribution in [0.3, 0.4) is 0 Å². The summed E-state index contributed by atoms with van der Waals surface area (Å²) in [5, 5.41) is 3.19. The zero-order chi connectivity index (χ0) is 15.8. The summed E-state index contributed by atoms with van der Waals surface area (Å²) >= 11 is 5.84. The number of nitrogens with zero attached hydrogens (tertiary/aromatic N) is 1. The molecule has 0 spiro atoms. The summed E-state index contributed by atoms with van der Waals surface area (Å²) in [4.78, 5) is 23.9. The molecule has 1 aliphatic heterocycles. The lowest BCUT2D eigenvalue weighted by Crippen LogP contribution is -2.44. The minimum absolute atomic E-state index is 0.0464. The minimum Gasteiger partial charge on any atom is -0.324 e. The summed E-state index contributed by atoms with van der Waals surface area (Å²) in [5.41, 5.74) is 1.29. The zero-order valence-corrected chi connectivity index (χ0v) is 13.2. The molecule has 1 aromatic carbocycles. The Bertz CT molecular complexity index is 702. The third-order valence-corrected chi connectivity index (χ3v) is 4.67. The fourth-order valence-corrected chi connectivity index (χ4v) is 3.65. The second-order valence-corrected chi connectivity index (χ2v) is 7.25. The van der Waals surface area contributed by atoms with E-state index in [0.29, 0.717) is 15.0 Å². The van der Waals surface area contributed by atoms with Gasteiger partial charge in [-0.1, -0.05) is 11.6 Å². The van der Waals surface area contributed by atoms with E-state index in [1.54, 1.807) is 25.1 Å². The average Bonchev–Trinajstić information content (AvgIpc) is 2.74. The summed E-state index contributed by atoms with van der Waals surface area (Å²) in [6, 6.07) is 3.95. The Labute approximate surface area is 128 Å². The highest BCUT2D eigenvalue weighted by Crippen LogP contribution is 2.25. The van der Waals surface area contributed by atoms with E-state index in [4.69, 9.17) is 11.6 Å². The van der Waals surface area contributed by atoms with E-state index < -0.39 is 27.9 Å². The van der Waals surface area contributed by atoms with E-state index in [1.165, 1.54) is 0 Å². The molecule has 1 saturated heterocycles. The molecule has 1 heterocycles. The van der Waals surface area contributed by atoms with Crippen molar-refractivity contribution in [2.75, 3.05) is 11.6 Å². The number of carbonyl (C=O) groups excluding carboxylic acids is 2. The first-order chi connectivity index (χ1) is 9.70. The van der Waals surface area contributed by atoms with Crippen LogP contribution in [-0.2, 0) is 19.6 Å². The molecule has 0 saturated carbocycles. The minimum atomic E-state index is -3.75. The number of rotatable bonds is 3. The van der Waals surface area contributed by atoms with Gasteiger partial charge in [0.15, 0.2) is 0 Å². The number of sulfonamides is 1.